The Bertz CT molecular complexity index is 1010. The van der Waals surface area contributed by atoms with Crippen molar-refractivity contribution in [1.29, 1.82) is 0 Å². The zero-order chi connectivity index (χ0) is 22.2. The van der Waals surface area contributed by atoms with Crippen molar-refractivity contribution in [3.63, 3.8) is 0 Å². The van der Waals surface area contributed by atoms with Crippen LogP contribution in [-0.2, 0) is 16.0 Å². The molecule has 6 nitrogen and oxygen atoms in total. The predicted molar refractivity (Wildman–Crippen MR) is 118 cm³/mol. The number of halogens is 1. The normalized spacial score (nSPS) is 14.9. The van der Waals surface area contributed by atoms with Gasteiger partial charge in [0.1, 0.15) is 11.6 Å². The topological polar surface area (TPSA) is 75.7 Å². The molecule has 2 aromatic rings. The van der Waals surface area contributed by atoms with Crippen molar-refractivity contribution in [1.82, 2.24) is 10.2 Å². The zero-order valence-corrected chi connectivity index (χ0v) is 17.9. The number of imide groups is 1. The third-order valence-corrected chi connectivity index (χ3v) is 5.52. The minimum atomic E-state index is -0.488. The van der Waals surface area contributed by atoms with Crippen molar-refractivity contribution in [2.24, 2.45) is 0 Å². The van der Waals surface area contributed by atoms with Gasteiger partial charge < -0.3 is 10.1 Å². The van der Waals surface area contributed by atoms with Crippen LogP contribution in [0, 0.1) is 5.82 Å². The van der Waals surface area contributed by atoms with Crippen LogP contribution < -0.4 is 10.1 Å². The largest absolute Gasteiger partial charge is 0.494 e. The van der Waals surface area contributed by atoms with E-state index in [4.69, 9.17) is 4.74 Å². The second-order valence-corrected chi connectivity index (χ2v) is 7.74. The average molecular weight is 443 g/mol. The van der Waals surface area contributed by atoms with Crippen LogP contribution in [0.5, 0.6) is 5.75 Å². The van der Waals surface area contributed by atoms with Gasteiger partial charge in [-0.05, 0) is 48.9 Å². The van der Waals surface area contributed by atoms with Gasteiger partial charge in [0.25, 0.3) is 11.1 Å². The highest BCUT2D eigenvalue weighted by Gasteiger charge is 2.34. The van der Waals surface area contributed by atoms with Crippen LogP contribution in [0.2, 0.25) is 0 Å². The molecular weight excluding hydrogens is 419 g/mol. The van der Waals surface area contributed by atoms with Crippen LogP contribution in [0.1, 0.15) is 24.5 Å². The molecule has 2 aromatic carbocycles. The molecule has 31 heavy (non-hydrogen) atoms. The summed E-state index contributed by atoms with van der Waals surface area (Å²) in [5.74, 6) is -0.372. The fourth-order valence-electron chi connectivity index (χ4n) is 3.08. The molecule has 1 aliphatic rings. The molecular formula is C23H23FN2O4S. The highest BCUT2D eigenvalue weighted by molar-refractivity contribution is 8.18. The second-order valence-electron chi connectivity index (χ2n) is 6.75. The standard InChI is InChI=1S/C23H23FN2O4S/c1-2-30-19-10-6-4-7-16(19)11-12-21(27)25-13-14-26-22(28)20(31-23(26)29)15-17-8-3-5-9-18(17)24/h3-10,15H,2,11-14H2,1H3,(H,25,27)/b20-15-. The molecule has 3 amide bonds. The lowest BCUT2D eigenvalue weighted by molar-refractivity contribution is -0.124. The molecule has 162 valence electrons. The number of benzene rings is 2. The molecule has 0 aromatic heterocycles. The first-order valence-corrected chi connectivity index (χ1v) is 10.8. The van der Waals surface area contributed by atoms with E-state index in [1.165, 1.54) is 18.2 Å². The molecule has 3 rings (SSSR count). The molecule has 0 saturated carbocycles. The minimum absolute atomic E-state index is 0.0561. The maximum atomic E-state index is 13.8. The summed E-state index contributed by atoms with van der Waals surface area (Å²) in [6, 6.07) is 13.6. The molecule has 1 N–H and O–H groups in total. The van der Waals surface area contributed by atoms with Gasteiger partial charge in [0.2, 0.25) is 5.91 Å². The van der Waals surface area contributed by atoms with Crippen LogP contribution in [0.25, 0.3) is 6.08 Å². The van der Waals surface area contributed by atoms with E-state index in [2.05, 4.69) is 5.32 Å². The van der Waals surface area contributed by atoms with Gasteiger partial charge in [-0.2, -0.15) is 0 Å². The smallest absolute Gasteiger partial charge is 0.293 e. The molecule has 1 aliphatic heterocycles. The van der Waals surface area contributed by atoms with E-state index in [1.807, 2.05) is 31.2 Å². The summed E-state index contributed by atoms with van der Waals surface area (Å²) in [7, 11) is 0. The lowest BCUT2D eigenvalue weighted by Crippen LogP contribution is -2.37. The number of hydrogen-bond acceptors (Lipinski definition) is 5. The van der Waals surface area contributed by atoms with Crippen LogP contribution in [0.3, 0.4) is 0 Å². The van der Waals surface area contributed by atoms with E-state index < -0.39 is 17.0 Å². The maximum Gasteiger partial charge on any atom is 0.293 e. The summed E-state index contributed by atoms with van der Waals surface area (Å²) in [5, 5.41) is 2.29. The molecule has 0 atom stereocenters. The Labute approximate surface area is 184 Å². The predicted octanol–water partition coefficient (Wildman–Crippen LogP) is 4.01. The third-order valence-electron chi connectivity index (χ3n) is 4.62. The average Bonchev–Trinajstić information content (AvgIpc) is 3.02. The van der Waals surface area contributed by atoms with Crippen molar-refractivity contribution in [3.8, 4) is 5.75 Å². The molecule has 0 aliphatic carbocycles. The van der Waals surface area contributed by atoms with E-state index in [-0.39, 0.29) is 35.9 Å². The van der Waals surface area contributed by atoms with Crippen LogP contribution in [-0.4, -0.2) is 41.6 Å². The second kappa shape index (κ2) is 10.8. The lowest BCUT2D eigenvalue weighted by Gasteiger charge is -2.13. The van der Waals surface area contributed by atoms with E-state index in [1.54, 1.807) is 12.1 Å². The van der Waals surface area contributed by atoms with Gasteiger partial charge in [-0.25, -0.2) is 4.39 Å². The first-order chi connectivity index (χ1) is 15.0. The maximum absolute atomic E-state index is 13.8. The quantitative estimate of drug-likeness (QED) is 0.594. The van der Waals surface area contributed by atoms with Crippen molar-refractivity contribution in [2.75, 3.05) is 19.7 Å². The number of para-hydroxylation sites is 1. The number of rotatable bonds is 9. The van der Waals surface area contributed by atoms with Crippen LogP contribution in [0.4, 0.5) is 9.18 Å². The van der Waals surface area contributed by atoms with E-state index in [9.17, 15) is 18.8 Å². The van der Waals surface area contributed by atoms with Gasteiger partial charge in [0.05, 0.1) is 11.5 Å². The highest BCUT2D eigenvalue weighted by atomic mass is 32.2. The third kappa shape index (κ3) is 5.95. The molecule has 0 unspecified atom stereocenters. The Kier molecular flexibility index (Phi) is 7.83. The Morgan fingerprint density at radius 3 is 2.68 bits per heavy atom. The lowest BCUT2D eigenvalue weighted by atomic mass is 10.1. The molecule has 1 heterocycles. The molecule has 8 heteroatoms. The number of ether oxygens (including phenoxy) is 1. The Balaban J connectivity index is 1.49. The number of nitrogens with one attached hydrogen (secondary N) is 1. The van der Waals surface area contributed by atoms with E-state index in [0.717, 1.165) is 28.0 Å². The summed E-state index contributed by atoms with van der Waals surface area (Å²) >= 11 is 0.763. The molecule has 1 fully saturated rings. The van der Waals surface area contributed by atoms with Crippen molar-refractivity contribution < 1.29 is 23.5 Å². The molecule has 1 saturated heterocycles. The SMILES string of the molecule is CCOc1ccccc1CCC(=O)NCCN1C(=O)S/C(=C\c2ccccc2F)C1=O. The van der Waals surface area contributed by atoms with Gasteiger partial charge in [-0.15, -0.1) is 0 Å². The van der Waals surface area contributed by atoms with Crippen molar-refractivity contribution in [2.45, 2.75) is 19.8 Å². The summed E-state index contributed by atoms with van der Waals surface area (Å²) in [6.45, 7) is 2.66. The van der Waals surface area contributed by atoms with Gasteiger partial charge in [-0.3, -0.25) is 19.3 Å². The summed E-state index contributed by atoms with van der Waals surface area (Å²) < 4.78 is 19.4. The Morgan fingerprint density at radius 2 is 1.90 bits per heavy atom. The fraction of sp³-hybridized carbons (Fsp3) is 0.261. The monoisotopic (exact) mass is 442 g/mol. The number of hydrogen-bond donors (Lipinski definition) is 1. The number of nitrogens with zero attached hydrogens (tertiary/aromatic N) is 1. The number of carbonyl (C=O) groups excluding carboxylic acids is 3. The molecule has 0 radical (unpaired) electrons. The van der Waals surface area contributed by atoms with E-state index >= 15 is 0 Å². The van der Waals surface area contributed by atoms with Gasteiger partial charge in [0, 0.05) is 25.1 Å². The van der Waals surface area contributed by atoms with Gasteiger partial charge in [0.15, 0.2) is 0 Å². The van der Waals surface area contributed by atoms with Gasteiger partial charge >= 0.3 is 0 Å². The number of thioether (sulfide) groups is 1. The zero-order valence-electron chi connectivity index (χ0n) is 17.1. The van der Waals surface area contributed by atoms with Crippen LogP contribution in [0.15, 0.2) is 53.4 Å². The molecule has 0 bridgehead atoms. The number of aryl methyl sites for hydroxylation is 1. The molecule has 0 spiro atoms. The van der Waals surface area contributed by atoms with E-state index in [0.29, 0.717) is 13.0 Å². The minimum Gasteiger partial charge on any atom is -0.494 e. The van der Waals surface area contributed by atoms with Crippen LogP contribution >= 0.6 is 11.8 Å². The first kappa shape index (κ1) is 22.6. The van der Waals surface area contributed by atoms with Crippen molar-refractivity contribution in [3.05, 3.63) is 70.4 Å². The Morgan fingerprint density at radius 1 is 1.16 bits per heavy atom. The van der Waals surface area contributed by atoms with Crippen molar-refractivity contribution >= 4 is 34.9 Å². The Hall–Kier alpha value is -3.13. The summed E-state index contributed by atoms with van der Waals surface area (Å²) in [5.41, 5.74) is 1.19. The number of carbonyl (C=O) groups is 3. The summed E-state index contributed by atoms with van der Waals surface area (Å²) in [6.07, 6.45) is 2.16. The highest BCUT2D eigenvalue weighted by Crippen LogP contribution is 2.32. The first-order valence-electron chi connectivity index (χ1n) is 9.97. The number of amides is 3. The van der Waals surface area contributed by atoms with Gasteiger partial charge in [-0.1, -0.05) is 36.4 Å². The fourth-order valence-corrected chi connectivity index (χ4v) is 3.93. The summed E-state index contributed by atoms with van der Waals surface area (Å²) in [4.78, 5) is 38.0.